The van der Waals surface area contributed by atoms with E-state index in [1.165, 1.54) is 10.9 Å². The van der Waals surface area contributed by atoms with Gasteiger partial charge in [-0.15, -0.1) is 10.2 Å². The van der Waals surface area contributed by atoms with Gasteiger partial charge in [0, 0.05) is 43.4 Å². The Hall–Kier alpha value is -3.94. The Morgan fingerprint density at radius 3 is 2.59 bits per heavy atom. The summed E-state index contributed by atoms with van der Waals surface area (Å²) in [6, 6.07) is 15.7. The van der Waals surface area contributed by atoms with Crippen molar-refractivity contribution in [2.75, 3.05) is 7.05 Å². The van der Waals surface area contributed by atoms with Gasteiger partial charge in [0.25, 0.3) is 0 Å². The summed E-state index contributed by atoms with van der Waals surface area (Å²) >= 11 is 0. The second-order valence-electron chi connectivity index (χ2n) is 7.77. The van der Waals surface area contributed by atoms with Crippen molar-refractivity contribution in [1.82, 2.24) is 25.1 Å². The third-order valence-electron chi connectivity index (χ3n) is 5.48. The Bertz CT molecular complexity index is 1330. The Kier molecular flexibility index (Phi) is 5.41. The molecule has 2 aromatic carbocycles. The highest BCUT2D eigenvalue weighted by Gasteiger charge is 2.15. The van der Waals surface area contributed by atoms with Crippen LogP contribution in [0, 0.1) is 0 Å². The molecule has 0 fully saturated rings. The van der Waals surface area contributed by atoms with Gasteiger partial charge in [-0.1, -0.05) is 30.3 Å². The number of rotatable bonds is 8. The van der Waals surface area contributed by atoms with E-state index in [1.54, 1.807) is 11.9 Å². The highest BCUT2D eigenvalue weighted by molar-refractivity contribution is 5.83. The fourth-order valence-electron chi connectivity index (χ4n) is 3.75. The fraction of sp³-hybridized carbons (Fsp3) is 0.250. The molecule has 32 heavy (non-hydrogen) atoms. The van der Waals surface area contributed by atoms with Crippen molar-refractivity contribution in [2.45, 2.75) is 32.2 Å². The van der Waals surface area contributed by atoms with Gasteiger partial charge in [0.2, 0.25) is 23.6 Å². The van der Waals surface area contributed by atoms with Gasteiger partial charge in [0.05, 0.1) is 6.54 Å². The van der Waals surface area contributed by atoms with Gasteiger partial charge in [0.1, 0.15) is 5.52 Å². The number of amides is 1. The van der Waals surface area contributed by atoms with E-state index in [0.29, 0.717) is 37.1 Å². The Labute approximate surface area is 184 Å². The lowest BCUT2D eigenvalue weighted by molar-refractivity contribution is -0.130. The van der Waals surface area contributed by atoms with Crippen LogP contribution in [-0.2, 0) is 30.6 Å². The molecule has 3 aromatic heterocycles. The first-order valence-corrected chi connectivity index (χ1v) is 10.6. The maximum Gasteiger partial charge on any atom is 0.223 e. The zero-order valence-electron chi connectivity index (χ0n) is 17.7. The monoisotopic (exact) mass is 429 g/mol. The normalized spacial score (nSPS) is 11.4. The Morgan fingerprint density at radius 2 is 1.72 bits per heavy atom. The molecule has 0 saturated heterocycles. The minimum atomic E-state index is -0.0363. The molecule has 0 spiro atoms. The summed E-state index contributed by atoms with van der Waals surface area (Å²) in [7, 11) is 1.73. The largest absolute Gasteiger partial charge is 0.439 e. The van der Waals surface area contributed by atoms with E-state index in [4.69, 9.17) is 8.83 Å². The third kappa shape index (κ3) is 4.25. The van der Waals surface area contributed by atoms with E-state index in [1.807, 2.05) is 42.6 Å². The van der Waals surface area contributed by atoms with Gasteiger partial charge in [0.15, 0.2) is 5.58 Å². The molecule has 8 nitrogen and oxygen atoms in total. The van der Waals surface area contributed by atoms with Crippen LogP contribution in [0.15, 0.2) is 63.6 Å². The number of nitrogens with zero attached hydrogens (tertiary/aromatic N) is 4. The molecule has 3 heterocycles. The molecule has 1 N–H and O–H groups in total. The van der Waals surface area contributed by atoms with Crippen molar-refractivity contribution < 1.29 is 13.6 Å². The van der Waals surface area contributed by atoms with Crippen LogP contribution in [0.3, 0.4) is 0 Å². The van der Waals surface area contributed by atoms with Crippen LogP contribution in [0.5, 0.6) is 0 Å². The minimum Gasteiger partial charge on any atom is -0.439 e. The van der Waals surface area contributed by atoms with Crippen molar-refractivity contribution in [3.05, 3.63) is 78.0 Å². The van der Waals surface area contributed by atoms with Crippen molar-refractivity contribution in [2.24, 2.45) is 0 Å². The molecule has 0 unspecified atom stereocenters. The molecule has 0 aliphatic heterocycles. The quantitative estimate of drug-likeness (QED) is 0.399. The summed E-state index contributed by atoms with van der Waals surface area (Å²) in [5, 5.41) is 9.44. The van der Waals surface area contributed by atoms with Crippen molar-refractivity contribution in [3.63, 3.8) is 0 Å². The highest BCUT2D eigenvalue weighted by Crippen LogP contribution is 2.20. The number of nitrogens with one attached hydrogen (secondary N) is 1. The van der Waals surface area contributed by atoms with Crippen molar-refractivity contribution in [1.29, 1.82) is 0 Å². The van der Waals surface area contributed by atoms with Gasteiger partial charge in [-0.05, 0) is 30.2 Å². The molecular weight excluding hydrogens is 406 g/mol. The minimum absolute atomic E-state index is 0.0363. The topological polar surface area (TPSA) is 101 Å². The van der Waals surface area contributed by atoms with E-state index in [-0.39, 0.29) is 12.3 Å². The Morgan fingerprint density at radius 1 is 0.938 bits per heavy atom. The number of carbonyl (C=O) groups excluding carboxylic acids is 1. The number of hydrogen-bond donors (Lipinski definition) is 1. The highest BCUT2D eigenvalue weighted by atomic mass is 16.4. The number of hydrogen-bond acceptors (Lipinski definition) is 6. The number of benzene rings is 2. The van der Waals surface area contributed by atoms with Crippen molar-refractivity contribution >= 4 is 27.9 Å². The first-order valence-electron chi connectivity index (χ1n) is 10.6. The van der Waals surface area contributed by atoms with Crippen LogP contribution < -0.4 is 0 Å². The summed E-state index contributed by atoms with van der Waals surface area (Å²) in [5.74, 6) is 1.53. The van der Waals surface area contributed by atoms with Gasteiger partial charge in [-0.2, -0.15) is 0 Å². The number of carbonyl (C=O) groups is 1. The average Bonchev–Trinajstić information content (AvgIpc) is 3.53. The average molecular weight is 429 g/mol. The summed E-state index contributed by atoms with van der Waals surface area (Å²) in [4.78, 5) is 21.8. The molecule has 0 saturated carbocycles. The molecule has 0 atom stereocenters. The lowest BCUT2D eigenvalue weighted by Gasteiger charge is -2.14. The molecular formula is C24H23N5O3. The fourth-order valence-corrected chi connectivity index (χ4v) is 3.75. The molecule has 5 rings (SSSR count). The zero-order chi connectivity index (χ0) is 21.9. The van der Waals surface area contributed by atoms with Gasteiger partial charge >= 0.3 is 0 Å². The van der Waals surface area contributed by atoms with Crippen molar-refractivity contribution in [3.8, 4) is 0 Å². The van der Waals surface area contributed by atoms with E-state index in [9.17, 15) is 4.79 Å². The summed E-state index contributed by atoms with van der Waals surface area (Å²) < 4.78 is 11.4. The molecule has 0 radical (unpaired) electrons. The predicted octanol–water partition coefficient (Wildman–Crippen LogP) is 4.07. The molecule has 8 heteroatoms. The van der Waals surface area contributed by atoms with Crippen LogP contribution in [0.1, 0.15) is 29.7 Å². The Balaban J connectivity index is 1.13. The summed E-state index contributed by atoms with van der Waals surface area (Å²) in [5.41, 5.74) is 3.84. The van der Waals surface area contributed by atoms with E-state index in [0.717, 1.165) is 23.0 Å². The van der Waals surface area contributed by atoms with Crippen LogP contribution in [0.25, 0.3) is 22.0 Å². The van der Waals surface area contributed by atoms with Crippen LogP contribution in [-0.4, -0.2) is 38.0 Å². The molecule has 1 amide bonds. The number of aromatic nitrogens is 4. The maximum atomic E-state index is 12.5. The van der Waals surface area contributed by atoms with Crippen LogP contribution >= 0.6 is 0 Å². The van der Waals surface area contributed by atoms with Gasteiger partial charge < -0.3 is 18.7 Å². The molecule has 0 aliphatic rings. The SMILES string of the molecule is CN(Cc1nc2ccccc2o1)C(=O)CCc1nnc(CCc2c[nH]c3ccccc23)o1. The summed E-state index contributed by atoms with van der Waals surface area (Å²) in [6.45, 7) is 0.313. The predicted molar refractivity (Wildman–Crippen MR) is 119 cm³/mol. The van der Waals surface area contributed by atoms with E-state index >= 15 is 0 Å². The summed E-state index contributed by atoms with van der Waals surface area (Å²) in [6.07, 6.45) is 4.16. The first-order chi connectivity index (χ1) is 15.7. The lowest BCUT2D eigenvalue weighted by Crippen LogP contribution is -2.26. The van der Waals surface area contributed by atoms with E-state index in [2.05, 4.69) is 32.3 Å². The standard InChI is InChI=1S/C24H23N5O3/c1-29(15-23-26-19-8-4-5-9-20(19)31-23)24(30)13-12-22-28-27-21(32-22)11-10-16-14-25-18-7-3-2-6-17(16)18/h2-9,14,25H,10-13,15H2,1H3. The number of oxazole rings is 1. The second kappa shape index (κ2) is 8.66. The lowest BCUT2D eigenvalue weighted by atomic mass is 10.1. The molecule has 0 aliphatic carbocycles. The smallest absolute Gasteiger partial charge is 0.223 e. The number of fused-ring (bicyclic) bond motifs is 2. The second-order valence-corrected chi connectivity index (χ2v) is 7.77. The maximum absolute atomic E-state index is 12.5. The van der Waals surface area contributed by atoms with E-state index < -0.39 is 0 Å². The number of H-pyrrole nitrogens is 1. The molecule has 0 bridgehead atoms. The zero-order valence-corrected chi connectivity index (χ0v) is 17.7. The first kappa shape index (κ1) is 20.0. The van der Waals surface area contributed by atoms with Gasteiger partial charge in [-0.3, -0.25) is 4.79 Å². The molecule has 5 aromatic rings. The number of aromatic amines is 1. The van der Waals surface area contributed by atoms with Gasteiger partial charge in [-0.25, -0.2) is 4.98 Å². The molecule has 162 valence electrons. The third-order valence-corrected chi connectivity index (χ3v) is 5.48. The number of aryl methyl sites for hydroxylation is 3. The number of para-hydroxylation sites is 3. The van der Waals surface area contributed by atoms with Crippen LogP contribution in [0.4, 0.5) is 0 Å². The van der Waals surface area contributed by atoms with Crippen LogP contribution in [0.2, 0.25) is 0 Å².